The van der Waals surface area contributed by atoms with Crippen LogP contribution in [0.2, 0.25) is 0 Å². The third-order valence-electron chi connectivity index (χ3n) is 4.49. The number of hydrogen-bond acceptors (Lipinski definition) is 6. The van der Waals surface area contributed by atoms with Crippen molar-refractivity contribution in [1.29, 1.82) is 0 Å². The number of para-hydroxylation sites is 3. The molecule has 1 aromatic heterocycles. The van der Waals surface area contributed by atoms with Crippen LogP contribution in [0.15, 0.2) is 54.6 Å². The Bertz CT molecular complexity index is 1070. The molecule has 7 heteroatoms. The van der Waals surface area contributed by atoms with Gasteiger partial charge in [0.05, 0.1) is 17.6 Å². The van der Waals surface area contributed by atoms with E-state index in [0.29, 0.717) is 40.3 Å². The number of hydrogen-bond donors (Lipinski definition) is 1. The Morgan fingerprint density at radius 2 is 1.90 bits per heavy atom. The molecule has 0 aliphatic carbocycles. The molecule has 0 radical (unpaired) electrons. The second-order valence-electron chi connectivity index (χ2n) is 6.71. The van der Waals surface area contributed by atoms with Crippen LogP contribution in [-0.4, -0.2) is 42.7 Å². The third kappa shape index (κ3) is 4.29. The van der Waals surface area contributed by atoms with Crippen molar-refractivity contribution in [2.24, 2.45) is 0 Å². The van der Waals surface area contributed by atoms with Crippen molar-refractivity contribution in [3.63, 3.8) is 0 Å². The summed E-state index contributed by atoms with van der Waals surface area (Å²) in [6.45, 7) is 2.01. The maximum Gasteiger partial charge on any atom is 0.339 e. The summed E-state index contributed by atoms with van der Waals surface area (Å²) in [5.41, 5.74) is 1.80. The Morgan fingerprint density at radius 3 is 2.76 bits per heavy atom. The molecule has 0 spiro atoms. The van der Waals surface area contributed by atoms with Gasteiger partial charge >= 0.3 is 5.97 Å². The van der Waals surface area contributed by atoms with E-state index in [1.165, 1.54) is 0 Å². The Labute approximate surface area is 167 Å². The molecule has 0 fully saturated rings. The van der Waals surface area contributed by atoms with Crippen molar-refractivity contribution in [1.82, 2.24) is 10.3 Å². The van der Waals surface area contributed by atoms with Crippen LogP contribution in [0.3, 0.4) is 0 Å². The second-order valence-corrected chi connectivity index (χ2v) is 6.71. The lowest BCUT2D eigenvalue weighted by molar-refractivity contribution is -0.124. The maximum atomic E-state index is 12.5. The molecule has 1 atom stereocenters. The highest BCUT2D eigenvalue weighted by atomic mass is 16.6. The highest BCUT2D eigenvalue weighted by Crippen LogP contribution is 2.30. The van der Waals surface area contributed by atoms with Crippen LogP contribution < -0.4 is 14.8 Å². The van der Waals surface area contributed by atoms with Crippen molar-refractivity contribution in [3.8, 4) is 11.5 Å². The molecule has 0 saturated heterocycles. The van der Waals surface area contributed by atoms with Crippen LogP contribution >= 0.6 is 0 Å². The van der Waals surface area contributed by atoms with Gasteiger partial charge in [0.15, 0.2) is 18.1 Å². The number of benzene rings is 2. The monoisotopic (exact) mass is 392 g/mol. The molecule has 1 amide bonds. The van der Waals surface area contributed by atoms with Gasteiger partial charge in [-0.1, -0.05) is 30.3 Å². The Kier molecular flexibility index (Phi) is 5.29. The minimum absolute atomic E-state index is 0.252. The number of aryl methyl sites for hydroxylation is 1. The van der Waals surface area contributed by atoms with Crippen LogP contribution in [0, 0.1) is 6.92 Å². The summed E-state index contributed by atoms with van der Waals surface area (Å²) >= 11 is 0. The molecule has 148 valence electrons. The minimum Gasteiger partial charge on any atom is -0.486 e. The van der Waals surface area contributed by atoms with Gasteiger partial charge in [0.2, 0.25) is 0 Å². The molecule has 4 rings (SSSR count). The lowest BCUT2D eigenvalue weighted by Gasteiger charge is -2.26. The minimum atomic E-state index is -0.562. The number of fused-ring (bicyclic) bond motifs is 2. The molecule has 1 unspecified atom stereocenters. The zero-order valence-corrected chi connectivity index (χ0v) is 15.9. The second kappa shape index (κ2) is 8.18. The Balaban J connectivity index is 1.31. The summed E-state index contributed by atoms with van der Waals surface area (Å²) in [6, 6.07) is 16.3. The summed E-state index contributed by atoms with van der Waals surface area (Å²) in [6.07, 6.45) is -0.309. The molecule has 29 heavy (non-hydrogen) atoms. The number of ether oxygens (including phenoxy) is 3. The van der Waals surface area contributed by atoms with Crippen molar-refractivity contribution >= 4 is 22.8 Å². The Hall–Kier alpha value is -3.61. The first-order valence-electron chi connectivity index (χ1n) is 9.29. The molecule has 3 aromatic rings. The molecule has 2 aromatic carbocycles. The number of carbonyl (C=O) groups is 2. The van der Waals surface area contributed by atoms with Gasteiger partial charge in [0, 0.05) is 11.1 Å². The predicted molar refractivity (Wildman–Crippen MR) is 106 cm³/mol. The number of aromatic nitrogens is 1. The van der Waals surface area contributed by atoms with E-state index in [1.807, 2.05) is 42.5 Å². The first-order chi connectivity index (χ1) is 14.1. The first kappa shape index (κ1) is 18.7. The number of rotatable bonds is 5. The molecule has 1 aliphatic rings. The van der Waals surface area contributed by atoms with E-state index in [0.717, 1.165) is 0 Å². The number of nitrogens with one attached hydrogen (secondary N) is 1. The normalized spacial score (nSPS) is 15.0. The fraction of sp³-hybridized carbons (Fsp3) is 0.227. The van der Waals surface area contributed by atoms with Gasteiger partial charge in [-0.05, 0) is 31.2 Å². The summed E-state index contributed by atoms with van der Waals surface area (Å²) in [4.78, 5) is 29.0. The van der Waals surface area contributed by atoms with E-state index in [2.05, 4.69) is 10.3 Å². The SMILES string of the molecule is Cc1cc(C(=O)OCC(=O)NCC2COc3ccccc3O2)c2ccccc2n1. The fourth-order valence-corrected chi connectivity index (χ4v) is 3.13. The van der Waals surface area contributed by atoms with E-state index in [4.69, 9.17) is 14.2 Å². The van der Waals surface area contributed by atoms with Crippen molar-refractivity contribution in [2.75, 3.05) is 19.8 Å². The van der Waals surface area contributed by atoms with Crippen molar-refractivity contribution in [2.45, 2.75) is 13.0 Å². The predicted octanol–water partition coefficient (Wildman–Crippen LogP) is 2.66. The van der Waals surface area contributed by atoms with Crippen molar-refractivity contribution < 1.29 is 23.8 Å². The zero-order valence-electron chi connectivity index (χ0n) is 15.9. The van der Waals surface area contributed by atoms with Crippen LogP contribution in [0.5, 0.6) is 11.5 Å². The van der Waals surface area contributed by atoms with E-state index in [-0.39, 0.29) is 19.3 Å². The van der Waals surface area contributed by atoms with Crippen LogP contribution in [-0.2, 0) is 9.53 Å². The third-order valence-corrected chi connectivity index (χ3v) is 4.49. The molecular formula is C22H20N2O5. The molecule has 0 saturated carbocycles. The largest absolute Gasteiger partial charge is 0.486 e. The molecular weight excluding hydrogens is 372 g/mol. The molecule has 1 aliphatic heterocycles. The van der Waals surface area contributed by atoms with E-state index < -0.39 is 11.9 Å². The lowest BCUT2D eigenvalue weighted by Crippen LogP contribution is -2.42. The van der Waals surface area contributed by atoms with Gasteiger partial charge in [0.25, 0.3) is 5.91 Å². The zero-order chi connectivity index (χ0) is 20.2. The summed E-state index contributed by atoms with van der Waals surface area (Å²) in [5.74, 6) is 0.358. The summed E-state index contributed by atoms with van der Waals surface area (Å²) in [7, 11) is 0. The smallest absolute Gasteiger partial charge is 0.339 e. The highest BCUT2D eigenvalue weighted by molar-refractivity contribution is 6.04. The first-order valence-corrected chi connectivity index (χ1v) is 9.29. The molecule has 2 heterocycles. The number of carbonyl (C=O) groups excluding carboxylic acids is 2. The Morgan fingerprint density at radius 1 is 1.14 bits per heavy atom. The molecule has 1 N–H and O–H groups in total. The van der Waals surface area contributed by atoms with Crippen LogP contribution in [0.4, 0.5) is 0 Å². The van der Waals surface area contributed by atoms with Gasteiger partial charge in [0.1, 0.15) is 12.7 Å². The lowest BCUT2D eigenvalue weighted by atomic mass is 10.1. The summed E-state index contributed by atoms with van der Waals surface area (Å²) < 4.78 is 16.6. The van der Waals surface area contributed by atoms with E-state index >= 15 is 0 Å². The average Bonchev–Trinajstić information content (AvgIpc) is 2.75. The van der Waals surface area contributed by atoms with Crippen LogP contribution in [0.25, 0.3) is 10.9 Å². The molecule has 0 bridgehead atoms. The number of nitrogens with zero attached hydrogens (tertiary/aromatic N) is 1. The fourth-order valence-electron chi connectivity index (χ4n) is 3.13. The van der Waals surface area contributed by atoms with Crippen molar-refractivity contribution in [3.05, 3.63) is 65.9 Å². The van der Waals surface area contributed by atoms with Gasteiger partial charge in [-0.2, -0.15) is 0 Å². The van der Waals surface area contributed by atoms with Gasteiger partial charge in [-0.15, -0.1) is 0 Å². The number of pyridine rings is 1. The standard InChI is InChI=1S/C22H20N2O5/c1-14-10-17(16-6-2-3-7-18(16)24-14)22(26)28-13-21(25)23-11-15-12-27-19-8-4-5-9-20(19)29-15/h2-10,15H,11-13H2,1H3,(H,23,25). The van der Waals surface area contributed by atoms with Crippen LogP contribution in [0.1, 0.15) is 16.1 Å². The topological polar surface area (TPSA) is 86.8 Å². The average molecular weight is 392 g/mol. The van der Waals surface area contributed by atoms with E-state index in [1.54, 1.807) is 19.1 Å². The maximum absolute atomic E-state index is 12.5. The quantitative estimate of drug-likeness (QED) is 0.672. The number of amides is 1. The summed E-state index contributed by atoms with van der Waals surface area (Å²) in [5, 5.41) is 3.39. The highest BCUT2D eigenvalue weighted by Gasteiger charge is 2.21. The molecule has 7 nitrogen and oxygen atoms in total. The van der Waals surface area contributed by atoms with E-state index in [9.17, 15) is 9.59 Å². The van der Waals surface area contributed by atoms with Gasteiger partial charge in [-0.3, -0.25) is 9.78 Å². The van der Waals surface area contributed by atoms with Gasteiger partial charge in [-0.25, -0.2) is 4.79 Å². The number of esters is 1. The van der Waals surface area contributed by atoms with Gasteiger partial charge < -0.3 is 19.5 Å².